The van der Waals surface area contributed by atoms with Crippen LogP contribution in [0.4, 0.5) is 35.3 Å². The van der Waals surface area contributed by atoms with Crippen molar-refractivity contribution < 1.29 is 154 Å². The lowest BCUT2D eigenvalue weighted by Gasteiger charge is -2.26. The van der Waals surface area contributed by atoms with E-state index in [1.807, 2.05) is 4.98 Å². The molecule has 18 heterocycles. The van der Waals surface area contributed by atoms with Crippen LogP contribution in [0.5, 0.6) is 0 Å². The molecule has 0 amide bonds. The van der Waals surface area contributed by atoms with Crippen molar-refractivity contribution in [2.75, 3.05) is 80.7 Å². The second kappa shape index (κ2) is 40.2. The van der Waals surface area contributed by atoms with Gasteiger partial charge in [-0.3, -0.25) is 125 Å². The van der Waals surface area contributed by atoms with Gasteiger partial charge in [0.05, 0.1) is 82.1 Å². The van der Waals surface area contributed by atoms with Gasteiger partial charge in [-0.05, 0) is 28.1 Å². The molecule has 11 aromatic heterocycles. The molecule has 7 aliphatic rings. The number of nitrogens with two attached hydrogens (primary N) is 6. The Balaban J connectivity index is 0.565. The molecule has 7 fully saturated rings. The van der Waals surface area contributed by atoms with Crippen LogP contribution in [0.15, 0.2) is 100 Å². The number of fused-ring (bicyclic) bond motifs is 4. The molecule has 18 rings (SSSR count). The smallest absolute Gasteiger partial charge is 0.394 e. The third-order valence-electron chi connectivity index (χ3n) is 23.0. The summed E-state index contributed by atoms with van der Waals surface area (Å²) in [6, 6.07) is 2.56. The summed E-state index contributed by atoms with van der Waals surface area (Å²) in [7, 11) is -33.5. The predicted molar refractivity (Wildman–Crippen MR) is 469 cm³/mol. The van der Waals surface area contributed by atoms with Crippen LogP contribution in [0.3, 0.4) is 0 Å². The highest BCUT2D eigenvalue weighted by atomic mass is 79.9. The van der Waals surface area contributed by atoms with Gasteiger partial charge in [-0.15, -0.1) is 0 Å². The molecule has 27 atom stereocenters. The first kappa shape index (κ1) is 102. The van der Waals surface area contributed by atoms with E-state index >= 15 is 0 Å². The number of phosphoric acid groups is 6. The third kappa shape index (κ3) is 22.4. The van der Waals surface area contributed by atoms with Crippen LogP contribution in [0.25, 0.3) is 44.7 Å². The highest BCUT2D eigenvalue weighted by molar-refractivity contribution is 9.10. The Labute approximate surface area is 794 Å². The predicted octanol–water partition coefficient (Wildman–Crippen LogP) is -3.08. The van der Waals surface area contributed by atoms with E-state index in [0.717, 1.165) is 49.8 Å². The molecule has 0 radical (unpaired) electrons. The average molecular weight is 2190 g/mol. The maximum absolute atomic E-state index is 14.7. The number of rotatable bonds is 38. The van der Waals surface area contributed by atoms with Crippen LogP contribution < -0.4 is 73.7 Å². The lowest BCUT2D eigenvalue weighted by Crippen LogP contribution is -2.33. The number of ether oxygens (including phenoxy) is 7. The zero-order valence-electron chi connectivity index (χ0n) is 72.0. The number of nitrogens with one attached hydrogen (secondary N) is 4. The molecular weight excluding hydrogens is 2100 g/mol. The van der Waals surface area contributed by atoms with Crippen LogP contribution >= 0.6 is 62.9 Å². The number of imidazole rings is 4. The monoisotopic (exact) mass is 2180 g/mol. The molecular formula is C67H83BrN28O40P6. The minimum Gasteiger partial charge on any atom is -0.394 e. The fourth-order valence-electron chi connectivity index (χ4n) is 16.6. The van der Waals surface area contributed by atoms with E-state index in [2.05, 4.69) is 85.7 Å². The molecule has 0 aromatic carbocycles. The first-order chi connectivity index (χ1) is 67.2. The molecule has 11 aromatic rings. The Hall–Kier alpha value is -10.4. The van der Waals surface area contributed by atoms with Crippen molar-refractivity contribution in [3.05, 3.63) is 140 Å². The summed E-state index contributed by atoms with van der Waals surface area (Å²) in [5.74, 6) is -1.54. The van der Waals surface area contributed by atoms with E-state index in [1.54, 1.807) is 0 Å². The number of halogens is 1. The van der Waals surface area contributed by atoms with Gasteiger partial charge in [-0.2, -0.15) is 24.9 Å². The average Bonchev–Trinajstić information content (AvgIpc) is 1.62. The summed E-state index contributed by atoms with van der Waals surface area (Å²) in [5.41, 5.74) is 27.4. The number of nitrogens with zero attached hydrogens (tertiary/aromatic N) is 18. The number of nitrogen functional groups attached to an aromatic ring is 6. The third-order valence-corrected chi connectivity index (χ3v) is 29.7. The number of phosphoric ester groups is 6. The summed E-state index contributed by atoms with van der Waals surface area (Å²) in [6.07, 6.45) is -27.5. The molecule has 24 N–H and O–H groups in total. The Morgan fingerprint density at radius 1 is 0.359 bits per heavy atom. The van der Waals surface area contributed by atoms with E-state index in [0.29, 0.717) is 0 Å². The minimum atomic E-state index is -5.76. The SMILES string of the molecule is Nc1ccn([C@H]2C[C@H](OP(=O)(O)OC[C@H]3O[C@@H](n4cnc5c(=O)[nH]c(N)nc54)C[C@@H]3OP(=O)(O)OC[C@H]3O[C@@H](n4cnc5c(N)ncnc54)C[C@@H]3OP(=O)(O)OC[C@H]3O[C@@H](n4cc(Br)c(=O)[nH]c4=O)C[C@@H]3OP(=O)(O)OC[C@H]3O[C@@H](n4cnc5c(=O)[nH]c(N)nc54)C[C@@H]3OP(=O)(O)OC[C@H]3O[C@@H](n4cnc5c(=O)[nH]c(N)nc54)C[C@@H]3OP(=O)(O)OC[C@H]3O[C@@H](n4ccc(N)nc4=O)C[C@@H]3O)[C@@H](CO)O2)c(=O)n1. The zero-order chi connectivity index (χ0) is 101. The summed E-state index contributed by atoms with van der Waals surface area (Å²) < 4.78 is 202. The fourth-order valence-corrected chi connectivity index (χ4v) is 22.6. The molecule has 768 valence electrons. The number of aliphatic hydroxyl groups excluding tert-OH is 2. The maximum Gasteiger partial charge on any atom is 0.472 e. The number of aliphatic hydroxyl groups is 2. The normalized spacial score (nSPS) is 29.5. The molecule has 75 heteroatoms. The van der Waals surface area contributed by atoms with Crippen molar-refractivity contribution in [3.8, 4) is 0 Å². The molecule has 7 saturated heterocycles. The summed E-state index contributed by atoms with van der Waals surface area (Å²) in [4.78, 5) is 213. The van der Waals surface area contributed by atoms with Gasteiger partial charge in [0.15, 0.2) is 45.0 Å². The largest absolute Gasteiger partial charge is 0.472 e. The quantitative estimate of drug-likeness (QED) is 0.0171. The molecule has 68 nitrogen and oxygen atoms in total. The summed E-state index contributed by atoms with van der Waals surface area (Å²) >= 11 is 3.02. The zero-order valence-corrected chi connectivity index (χ0v) is 79.0. The first-order valence-corrected chi connectivity index (χ1v) is 51.6. The standard InChI is InChI=1S/C67H83BrN28O40P6/c68-25-12-92(67(105)89-58(25)99)44-7-28(132-139(110,111)122-19-39-32(11-48(130-39)96-24-80-52-57(96)85-64(74)88-61(52)102)136-142(116,117)123-18-38-30(9-46(129-38)94-22-78-50-55(94)83-62(72)86-59(50)100)133-137(106,107)118-14-34-26(98)5-42(125-34)90-3-1-40(69)81-65(90)103)35(126-44)15-120-140(112,113)134-29-8-45(93-21-77-49-53(71)75-20-76-54(49)93)127-36(29)16-121-141(114,115)135-31-10-47(95-23-79-51-56(95)84-63(73)87-60(51)101)128-37(31)17-119-138(108,109)131-27-6-43(124-33(27)13-97)91-4-2-41(70)82-66(91)104/h1-4,12,20-24,26-39,42-48,97-98H,5-11,13-19H2,(H,106,107)(H,108,109)(H,110,111)(H,112,113)(H,114,115)(H,116,117)(H2,69,81,103)(H2,70,82,104)(H2,71,75,76)(H,89,99,105)(H3,72,83,86,100)(H3,73,84,87,101)(H3,74,85,88,102)/t26-,27-,28-,29-,30-,31-,32-,33+,34+,35+,36+,37+,38+,39+,42+,43+,44+,45+,46+,47+,48+/m0/s1. The van der Waals surface area contributed by atoms with Gasteiger partial charge in [-0.1, -0.05) is 0 Å². The van der Waals surface area contributed by atoms with Gasteiger partial charge in [-0.25, -0.2) is 71.7 Å². The Morgan fingerprint density at radius 3 is 0.986 bits per heavy atom. The minimum absolute atomic E-state index is 0.0144. The summed E-state index contributed by atoms with van der Waals surface area (Å²) in [6.45, 7) is -7.30. The van der Waals surface area contributed by atoms with Crippen LogP contribution in [0, 0.1) is 0 Å². The van der Waals surface area contributed by atoms with Crippen LogP contribution in [-0.2, 0) is 115 Å². The fraction of sp³-hybridized carbons (Fsp3) is 0.522. The van der Waals surface area contributed by atoms with Crippen molar-refractivity contribution in [3.63, 3.8) is 0 Å². The van der Waals surface area contributed by atoms with Crippen molar-refractivity contribution >= 4 is 143 Å². The van der Waals surface area contributed by atoms with E-state index in [9.17, 15) is 101 Å². The Kier molecular flexibility index (Phi) is 28.8. The van der Waals surface area contributed by atoms with E-state index in [1.165, 1.54) is 44.6 Å². The maximum atomic E-state index is 14.7. The topological polar surface area (TPSA) is 955 Å². The van der Waals surface area contributed by atoms with Gasteiger partial charge in [0.25, 0.3) is 22.2 Å². The van der Waals surface area contributed by atoms with E-state index in [4.69, 9.17) is 122 Å². The van der Waals surface area contributed by atoms with E-state index in [-0.39, 0.29) is 91.3 Å². The number of anilines is 6. The van der Waals surface area contributed by atoms with Crippen LogP contribution in [-0.4, -0.2) is 278 Å². The van der Waals surface area contributed by atoms with Crippen LogP contribution in [0.2, 0.25) is 0 Å². The van der Waals surface area contributed by atoms with Crippen molar-refractivity contribution in [2.24, 2.45) is 0 Å². The van der Waals surface area contributed by atoms with E-state index < -0.39 is 300 Å². The Morgan fingerprint density at radius 2 is 0.648 bits per heavy atom. The molecule has 0 bridgehead atoms. The van der Waals surface area contributed by atoms with Gasteiger partial charge < -0.3 is 107 Å². The number of hydrogen-bond acceptors (Lipinski definition) is 51. The summed E-state index contributed by atoms with van der Waals surface area (Å²) in [5, 5.41) is 21.1. The van der Waals surface area contributed by atoms with Crippen molar-refractivity contribution in [2.45, 2.75) is 174 Å². The number of aromatic amines is 4. The van der Waals surface area contributed by atoms with Gasteiger partial charge in [0.2, 0.25) is 17.8 Å². The Bertz CT molecular complexity index is 7410. The molecule has 0 saturated carbocycles. The molecule has 6 unspecified atom stereocenters. The number of aromatic nitrogens is 22. The second-order valence-corrected chi connectivity index (χ2v) is 41.7. The molecule has 0 aliphatic carbocycles. The first-order valence-electron chi connectivity index (χ1n) is 41.9. The van der Waals surface area contributed by atoms with Gasteiger partial charge >= 0.3 is 64.0 Å². The lowest BCUT2D eigenvalue weighted by atomic mass is 10.2. The highest BCUT2D eigenvalue weighted by Gasteiger charge is 2.53. The van der Waals surface area contributed by atoms with Gasteiger partial charge in [0.1, 0.15) is 146 Å². The van der Waals surface area contributed by atoms with Crippen LogP contribution in [0.1, 0.15) is 88.5 Å². The van der Waals surface area contributed by atoms with Gasteiger partial charge in [0, 0.05) is 63.5 Å². The van der Waals surface area contributed by atoms with Crippen molar-refractivity contribution in [1.29, 1.82) is 0 Å². The van der Waals surface area contributed by atoms with Crippen molar-refractivity contribution in [1.82, 2.24) is 107 Å². The number of H-pyrrole nitrogens is 4. The highest BCUT2D eigenvalue weighted by Crippen LogP contribution is 2.58. The molecule has 142 heavy (non-hydrogen) atoms. The molecule has 7 aliphatic heterocycles. The molecule has 0 spiro atoms. The lowest BCUT2D eigenvalue weighted by molar-refractivity contribution is -0.0649. The number of hydrogen-bond donors (Lipinski definition) is 18. The second-order valence-electron chi connectivity index (χ2n) is 32.4.